The number of hydrogen-bond acceptors (Lipinski definition) is 4. The molecule has 3 nitrogen and oxygen atoms in total. The van der Waals surface area contributed by atoms with Crippen molar-refractivity contribution in [2.75, 3.05) is 24.6 Å². The highest BCUT2D eigenvalue weighted by Gasteiger charge is 2.60. The van der Waals surface area contributed by atoms with Crippen molar-refractivity contribution in [3.05, 3.63) is 29.3 Å². The van der Waals surface area contributed by atoms with Crippen LogP contribution in [0.25, 0.3) is 0 Å². The summed E-state index contributed by atoms with van der Waals surface area (Å²) in [6.07, 6.45) is 2.11. The molecular formula is C34H49F6NO2S. The summed E-state index contributed by atoms with van der Waals surface area (Å²) in [5.41, 5.74) is 1.76. The minimum atomic E-state index is -5.47. The molecule has 1 saturated heterocycles. The molecule has 0 spiro atoms. The van der Waals surface area contributed by atoms with Gasteiger partial charge >= 0.3 is 12.1 Å². The number of thioether (sulfide) groups is 1. The van der Waals surface area contributed by atoms with Gasteiger partial charge < -0.3 is 15.1 Å². The summed E-state index contributed by atoms with van der Waals surface area (Å²) in [5, 5.41) is 21.0. The van der Waals surface area contributed by atoms with Crippen LogP contribution in [0.1, 0.15) is 101 Å². The van der Waals surface area contributed by atoms with Crippen LogP contribution in [-0.2, 0) is 6.42 Å². The van der Waals surface area contributed by atoms with E-state index in [1.54, 1.807) is 6.07 Å². The molecule has 10 heteroatoms. The third-order valence-electron chi connectivity index (χ3n) is 11.6. The van der Waals surface area contributed by atoms with Gasteiger partial charge in [-0.15, -0.1) is 0 Å². The minimum absolute atomic E-state index is 0.145. The fourth-order valence-electron chi connectivity index (χ4n) is 9.31. The zero-order valence-electron chi connectivity index (χ0n) is 25.8. The average molecular weight is 650 g/mol. The third kappa shape index (κ3) is 7.22. The quantitative estimate of drug-likeness (QED) is 0.166. The minimum Gasteiger partial charge on any atom is -0.508 e. The highest BCUT2D eigenvalue weighted by atomic mass is 32.2. The molecule has 1 aliphatic heterocycles. The number of unbranched alkanes of at least 4 members (excludes halogenated alkanes) is 2. The molecule has 3 aliphatic carbocycles. The van der Waals surface area contributed by atoms with Crippen LogP contribution in [0, 0.1) is 23.2 Å². The van der Waals surface area contributed by atoms with E-state index in [4.69, 9.17) is 0 Å². The molecule has 8 atom stereocenters. The zero-order valence-corrected chi connectivity index (χ0v) is 26.6. The molecule has 0 aromatic heterocycles. The highest BCUT2D eigenvalue weighted by molar-refractivity contribution is 7.99. The maximum atomic E-state index is 16.0. The van der Waals surface area contributed by atoms with E-state index in [0.29, 0.717) is 30.1 Å². The number of benzene rings is 1. The second-order valence-corrected chi connectivity index (χ2v) is 15.5. The molecular weight excluding hydrogens is 600 g/mol. The molecule has 1 unspecified atom stereocenters. The summed E-state index contributed by atoms with van der Waals surface area (Å²) in [6, 6.07) is 5.88. The largest absolute Gasteiger partial charge is 0.508 e. The lowest BCUT2D eigenvalue weighted by molar-refractivity contribution is -0.284. The topological polar surface area (TPSA) is 43.7 Å². The van der Waals surface area contributed by atoms with Gasteiger partial charge in [-0.1, -0.05) is 25.8 Å². The summed E-state index contributed by atoms with van der Waals surface area (Å²) in [4.78, 5) is 2.51. The molecule has 0 bridgehead atoms. The van der Waals surface area contributed by atoms with Crippen molar-refractivity contribution in [2.45, 2.75) is 127 Å². The van der Waals surface area contributed by atoms with E-state index in [9.17, 15) is 32.2 Å². The Bertz CT molecular complexity index is 1100. The van der Waals surface area contributed by atoms with Gasteiger partial charge in [-0.05, 0) is 135 Å². The Hall–Kier alpha value is -1.13. The molecule has 0 radical (unpaired) electrons. The molecule has 2 N–H and O–H groups in total. The van der Waals surface area contributed by atoms with Crippen molar-refractivity contribution in [1.29, 1.82) is 0 Å². The number of aromatic hydroxyl groups is 1. The molecule has 1 heterocycles. The number of phenols is 1. The number of phenolic OH excluding ortho intramolecular Hbond substituents is 1. The van der Waals surface area contributed by atoms with Gasteiger partial charge in [0.1, 0.15) is 11.9 Å². The van der Waals surface area contributed by atoms with Gasteiger partial charge in [0.05, 0.1) is 6.10 Å². The normalized spacial score (nSPS) is 34.1. The Morgan fingerprint density at radius 2 is 1.80 bits per heavy atom. The first-order chi connectivity index (χ1) is 20.8. The number of aliphatic hydroxyl groups excluding tert-OH is 1. The van der Waals surface area contributed by atoms with Crippen LogP contribution in [0.4, 0.5) is 26.3 Å². The van der Waals surface area contributed by atoms with Crippen molar-refractivity contribution >= 4 is 11.8 Å². The van der Waals surface area contributed by atoms with Crippen molar-refractivity contribution < 1.29 is 36.6 Å². The second-order valence-electron chi connectivity index (χ2n) is 14.3. The number of rotatable bonds is 13. The summed E-state index contributed by atoms with van der Waals surface area (Å²) in [5.74, 6) is -2.61. The van der Waals surface area contributed by atoms with E-state index in [1.807, 2.05) is 12.1 Å². The van der Waals surface area contributed by atoms with Gasteiger partial charge in [-0.3, -0.25) is 0 Å². The lowest BCUT2D eigenvalue weighted by atomic mass is 9.51. The van der Waals surface area contributed by atoms with Gasteiger partial charge in [0.2, 0.25) is 0 Å². The number of alkyl halides is 6. The Balaban J connectivity index is 1.08. The first kappa shape index (κ1) is 34.2. The Morgan fingerprint density at radius 3 is 2.57 bits per heavy atom. The number of nitrogens with zero attached hydrogens (tertiary/aromatic N) is 1. The monoisotopic (exact) mass is 649 g/mol. The summed E-state index contributed by atoms with van der Waals surface area (Å²) < 4.78 is 79.1. The van der Waals surface area contributed by atoms with E-state index < -0.39 is 30.8 Å². The molecule has 4 aliphatic rings. The summed E-state index contributed by atoms with van der Waals surface area (Å²) in [7, 11) is 0. The van der Waals surface area contributed by atoms with Crippen LogP contribution in [0.5, 0.6) is 5.75 Å². The zero-order chi connectivity index (χ0) is 31.7. The van der Waals surface area contributed by atoms with E-state index >= 15 is 4.39 Å². The standard InChI is InChI=1S/C34H49F6NO2S/c1-32-21-28(35)31-26-10-9-25(42)20-23(26)19-22(30(31)27(32)11-12-29(32)43)7-3-2-4-15-41-16-5-8-24(41)13-18-44-17-6-14-33(36,37)34(38,39)40/h9-10,20,22,24,27-31,42-43H,2-8,11-19,21H2,1H3/t22-,24?,27+,28+,29+,30+,31+,32+/m1/s1. The Labute approximate surface area is 262 Å². The van der Waals surface area contributed by atoms with E-state index in [2.05, 4.69) is 11.8 Å². The van der Waals surface area contributed by atoms with Crippen LogP contribution in [-0.4, -0.2) is 70.1 Å². The van der Waals surface area contributed by atoms with Crippen LogP contribution in [0.3, 0.4) is 0 Å². The smallest absolute Gasteiger partial charge is 0.453 e. The Morgan fingerprint density at radius 1 is 1.00 bits per heavy atom. The summed E-state index contributed by atoms with van der Waals surface area (Å²) in [6.45, 7) is 4.14. The van der Waals surface area contributed by atoms with Crippen LogP contribution < -0.4 is 0 Å². The van der Waals surface area contributed by atoms with Crippen molar-refractivity contribution in [3.63, 3.8) is 0 Å². The first-order valence-electron chi connectivity index (χ1n) is 16.7. The maximum Gasteiger partial charge on any atom is 0.453 e. The van der Waals surface area contributed by atoms with Crippen LogP contribution in [0.2, 0.25) is 0 Å². The Kier molecular flexibility index (Phi) is 10.8. The van der Waals surface area contributed by atoms with Gasteiger partial charge in [-0.2, -0.15) is 33.7 Å². The van der Waals surface area contributed by atoms with Crippen molar-refractivity contribution in [1.82, 2.24) is 4.90 Å². The molecule has 1 aromatic carbocycles. The summed E-state index contributed by atoms with van der Waals surface area (Å²) >= 11 is 1.47. The van der Waals surface area contributed by atoms with Crippen molar-refractivity contribution in [2.24, 2.45) is 23.2 Å². The molecule has 44 heavy (non-hydrogen) atoms. The third-order valence-corrected chi connectivity index (χ3v) is 12.7. The maximum absolute atomic E-state index is 16.0. The van der Waals surface area contributed by atoms with Crippen LogP contribution in [0.15, 0.2) is 18.2 Å². The molecule has 5 rings (SSSR count). The number of halogens is 6. The number of likely N-dealkylation sites (tertiary alicyclic amines) is 1. The number of aliphatic hydroxyl groups is 1. The number of hydrogen-bond donors (Lipinski definition) is 2. The molecule has 250 valence electrons. The average Bonchev–Trinajstić information content (AvgIpc) is 3.52. The number of fused-ring (bicyclic) bond motifs is 5. The predicted octanol–water partition coefficient (Wildman–Crippen LogP) is 8.91. The second kappa shape index (κ2) is 13.9. The van der Waals surface area contributed by atoms with Gasteiger partial charge in [0.15, 0.2) is 0 Å². The molecule has 1 aromatic rings. The first-order valence-corrected chi connectivity index (χ1v) is 17.9. The lowest BCUT2D eigenvalue weighted by Crippen LogP contribution is -2.51. The molecule has 0 amide bonds. The molecule has 3 fully saturated rings. The van der Waals surface area contributed by atoms with E-state index in [-0.39, 0.29) is 29.4 Å². The predicted molar refractivity (Wildman–Crippen MR) is 163 cm³/mol. The van der Waals surface area contributed by atoms with E-state index in [1.165, 1.54) is 11.8 Å². The fourth-order valence-corrected chi connectivity index (χ4v) is 10.3. The van der Waals surface area contributed by atoms with Crippen molar-refractivity contribution in [3.8, 4) is 5.75 Å². The van der Waals surface area contributed by atoms with E-state index in [0.717, 1.165) is 94.2 Å². The van der Waals surface area contributed by atoms with Gasteiger partial charge in [0.25, 0.3) is 0 Å². The SMILES string of the molecule is C[C@]12C[C@H](F)[C@@H]3c4ccc(O)cc4C[C@@H](CCCCCN4CCCC4CCSCCCC(F)(F)C(F)(F)F)[C@H]3[C@@H]1CC[C@@H]2O. The highest BCUT2D eigenvalue weighted by Crippen LogP contribution is 2.63. The lowest BCUT2D eigenvalue weighted by Gasteiger charge is -2.54. The molecule has 2 saturated carbocycles. The van der Waals surface area contributed by atoms with Crippen LogP contribution >= 0.6 is 11.8 Å². The van der Waals surface area contributed by atoms with Gasteiger partial charge in [0, 0.05) is 18.4 Å². The van der Waals surface area contributed by atoms with Gasteiger partial charge in [-0.25, -0.2) is 4.39 Å². The fraction of sp³-hybridized carbons (Fsp3) is 0.824.